The molecule has 0 N–H and O–H groups in total. The highest BCUT2D eigenvalue weighted by atomic mass is 32.2. The van der Waals surface area contributed by atoms with Crippen LogP contribution >= 0.6 is 0 Å². The Kier molecular flexibility index (Phi) is 7.37. The number of ether oxygens (including phenoxy) is 1. The first kappa shape index (κ1) is 27.1. The number of carbonyl (C=O) groups excluding carboxylic acids is 1. The van der Waals surface area contributed by atoms with Crippen molar-refractivity contribution in [1.29, 1.82) is 0 Å². The van der Waals surface area contributed by atoms with Crippen LogP contribution in [0.1, 0.15) is 35.2 Å². The number of nitrogens with zero attached hydrogens (tertiary/aromatic N) is 3. The van der Waals surface area contributed by atoms with Crippen LogP contribution in [0, 0.1) is 11.2 Å². The second-order valence-electron chi connectivity index (χ2n) is 9.51. The van der Waals surface area contributed by atoms with Gasteiger partial charge >= 0.3 is 6.18 Å². The van der Waals surface area contributed by atoms with Gasteiger partial charge in [0.25, 0.3) is 5.91 Å². The number of aromatic nitrogens is 1. The summed E-state index contributed by atoms with van der Waals surface area (Å²) in [6, 6.07) is 4.30. The minimum atomic E-state index is -4.72. The predicted molar refractivity (Wildman–Crippen MR) is 125 cm³/mol. The van der Waals surface area contributed by atoms with E-state index in [0.29, 0.717) is 25.1 Å². The Balaban J connectivity index is 1.51. The Bertz CT molecular complexity index is 1270. The third-order valence-electron chi connectivity index (χ3n) is 6.86. The number of hydrogen-bond acceptors (Lipinski definition) is 6. The summed E-state index contributed by atoms with van der Waals surface area (Å²) in [5, 5.41) is 0. The van der Waals surface area contributed by atoms with Crippen LogP contribution in [0.5, 0.6) is 5.75 Å². The highest BCUT2D eigenvalue weighted by Gasteiger charge is 2.39. The lowest BCUT2D eigenvalue weighted by molar-refractivity contribution is -0.138. The SMILES string of the molecule is CS(=O)(=O)c1ccc(OCC2(CF)CCC2)c(C(=O)N2CCN(c3ncc(C(F)(F)F)cc3F)CC2)c1. The van der Waals surface area contributed by atoms with Gasteiger partial charge in [-0.25, -0.2) is 17.8 Å². The maximum absolute atomic E-state index is 14.4. The van der Waals surface area contributed by atoms with Crippen molar-refractivity contribution < 1.29 is 39.9 Å². The first-order valence-electron chi connectivity index (χ1n) is 11.6. The van der Waals surface area contributed by atoms with Gasteiger partial charge < -0.3 is 14.5 Å². The molecule has 1 aromatic carbocycles. The van der Waals surface area contributed by atoms with E-state index < -0.39 is 45.4 Å². The molecule has 7 nitrogen and oxygen atoms in total. The van der Waals surface area contributed by atoms with Gasteiger partial charge in [0, 0.05) is 44.0 Å². The molecule has 0 unspecified atom stereocenters. The molecule has 1 aromatic heterocycles. The van der Waals surface area contributed by atoms with Crippen LogP contribution in [0.3, 0.4) is 0 Å². The molecule has 202 valence electrons. The summed E-state index contributed by atoms with van der Waals surface area (Å²) >= 11 is 0. The molecule has 0 spiro atoms. The van der Waals surface area contributed by atoms with E-state index in [1.165, 1.54) is 28.0 Å². The molecule has 37 heavy (non-hydrogen) atoms. The predicted octanol–water partition coefficient (Wildman–Crippen LogP) is 4.12. The minimum absolute atomic E-state index is 0.00328. The zero-order chi connectivity index (χ0) is 27.0. The molecule has 2 aromatic rings. The molecule has 2 heterocycles. The first-order valence-corrected chi connectivity index (χ1v) is 13.5. The molecule has 2 fully saturated rings. The van der Waals surface area contributed by atoms with E-state index in [1.54, 1.807) is 0 Å². The van der Waals surface area contributed by atoms with Crippen LogP contribution in [0.15, 0.2) is 35.4 Å². The largest absolute Gasteiger partial charge is 0.492 e. The van der Waals surface area contributed by atoms with Crippen molar-refractivity contribution in [2.75, 3.05) is 50.6 Å². The van der Waals surface area contributed by atoms with Crippen molar-refractivity contribution >= 4 is 21.6 Å². The number of anilines is 1. The molecule has 13 heteroatoms. The fraction of sp³-hybridized carbons (Fsp3) is 0.500. The van der Waals surface area contributed by atoms with Crippen molar-refractivity contribution in [3.8, 4) is 5.75 Å². The van der Waals surface area contributed by atoms with Gasteiger partial charge in [-0.15, -0.1) is 0 Å². The average molecular weight is 548 g/mol. The summed E-state index contributed by atoms with van der Waals surface area (Å²) in [6.07, 6.45) is -0.961. The zero-order valence-corrected chi connectivity index (χ0v) is 20.8. The molecule has 0 bridgehead atoms. The lowest BCUT2D eigenvalue weighted by Crippen LogP contribution is -2.49. The fourth-order valence-corrected chi connectivity index (χ4v) is 5.01. The maximum atomic E-state index is 14.4. The Morgan fingerprint density at radius 3 is 2.32 bits per heavy atom. The second-order valence-corrected chi connectivity index (χ2v) is 11.5. The third-order valence-corrected chi connectivity index (χ3v) is 7.97. The number of hydrogen-bond donors (Lipinski definition) is 0. The number of benzene rings is 1. The number of pyridine rings is 1. The lowest BCUT2D eigenvalue weighted by atomic mass is 9.70. The number of rotatable bonds is 7. The van der Waals surface area contributed by atoms with E-state index >= 15 is 0 Å². The Labute approximate surface area is 211 Å². The zero-order valence-electron chi connectivity index (χ0n) is 20.0. The molecule has 0 radical (unpaired) electrons. The number of amides is 1. The van der Waals surface area contributed by atoms with Crippen LogP contribution < -0.4 is 9.64 Å². The molecule has 1 amide bonds. The summed E-state index contributed by atoms with van der Waals surface area (Å²) < 4.78 is 96.3. The topological polar surface area (TPSA) is 79.8 Å². The molecule has 1 aliphatic carbocycles. The molecular formula is C24H26F5N3O4S. The maximum Gasteiger partial charge on any atom is 0.417 e. The van der Waals surface area contributed by atoms with Gasteiger partial charge in [-0.2, -0.15) is 13.2 Å². The Morgan fingerprint density at radius 1 is 1.14 bits per heavy atom. The van der Waals surface area contributed by atoms with Crippen LogP contribution in [0.2, 0.25) is 0 Å². The number of alkyl halides is 4. The number of halogens is 5. The highest BCUT2D eigenvalue weighted by molar-refractivity contribution is 7.90. The summed E-state index contributed by atoms with van der Waals surface area (Å²) in [5.41, 5.74) is -1.80. The van der Waals surface area contributed by atoms with Gasteiger partial charge in [-0.3, -0.25) is 9.18 Å². The summed E-state index contributed by atoms with van der Waals surface area (Å²) in [7, 11) is -3.64. The van der Waals surface area contributed by atoms with E-state index in [9.17, 15) is 35.2 Å². The van der Waals surface area contributed by atoms with Crippen molar-refractivity contribution in [2.24, 2.45) is 5.41 Å². The standard InChI is InChI=1S/C24H26F5N3O4S/c1-37(34,35)17-3-4-20(36-15-23(14-25)5-2-6-23)18(12-17)22(33)32-9-7-31(8-10-32)21-19(26)11-16(13-30-21)24(27,28)29/h3-4,11-13H,2,5-10,14-15H2,1H3. The molecule has 2 aliphatic rings. The van der Waals surface area contributed by atoms with Crippen molar-refractivity contribution in [2.45, 2.75) is 30.3 Å². The molecule has 0 atom stereocenters. The van der Waals surface area contributed by atoms with Gasteiger partial charge in [0.2, 0.25) is 0 Å². The fourth-order valence-electron chi connectivity index (χ4n) is 4.37. The van der Waals surface area contributed by atoms with Crippen LogP contribution in [-0.2, 0) is 16.0 Å². The monoisotopic (exact) mass is 547 g/mol. The van der Waals surface area contributed by atoms with Gasteiger partial charge in [0.15, 0.2) is 21.5 Å². The minimum Gasteiger partial charge on any atom is -0.492 e. The first-order chi connectivity index (χ1) is 17.3. The summed E-state index contributed by atoms with van der Waals surface area (Å²) in [6.45, 7) is -0.166. The van der Waals surface area contributed by atoms with Gasteiger partial charge in [0.1, 0.15) is 5.75 Å². The summed E-state index contributed by atoms with van der Waals surface area (Å²) in [4.78, 5) is 19.8. The molecule has 1 aliphatic heterocycles. The van der Waals surface area contributed by atoms with Crippen molar-refractivity contribution in [3.63, 3.8) is 0 Å². The van der Waals surface area contributed by atoms with E-state index in [-0.39, 0.29) is 54.8 Å². The smallest absolute Gasteiger partial charge is 0.417 e. The molecule has 4 rings (SSSR count). The second kappa shape index (κ2) is 10.1. The molecule has 1 saturated carbocycles. The van der Waals surface area contributed by atoms with Crippen molar-refractivity contribution in [3.05, 3.63) is 47.4 Å². The van der Waals surface area contributed by atoms with Crippen LogP contribution in [-0.4, -0.2) is 69.9 Å². The van der Waals surface area contributed by atoms with E-state index in [1.807, 2.05) is 0 Å². The van der Waals surface area contributed by atoms with E-state index in [0.717, 1.165) is 12.7 Å². The average Bonchev–Trinajstić information content (AvgIpc) is 2.82. The van der Waals surface area contributed by atoms with E-state index in [2.05, 4.69) is 4.98 Å². The van der Waals surface area contributed by atoms with Gasteiger partial charge in [0.05, 0.1) is 29.3 Å². The van der Waals surface area contributed by atoms with Crippen LogP contribution in [0.25, 0.3) is 0 Å². The van der Waals surface area contributed by atoms with Gasteiger partial charge in [-0.05, 0) is 37.1 Å². The van der Waals surface area contributed by atoms with Gasteiger partial charge in [-0.1, -0.05) is 6.42 Å². The Hall–Kier alpha value is -2.96. The van der Waals surface area contributed by atoms with E-state index in [4.69, 9.17) is 4.74 Å². The van der Waals surface area contributed by atoms with Crippen LogP contribution in [0.4, 0.5) is 27.8 Å². The lowest BCUT2D eigenvalue weighted by Gasteiger charge is -2.39. The Morgan fingerprint density at radius 2 is 1.81 bits per heavy atom. The summed E-state index contributed by atoms with van der Waals surface area (Å²) in [5.74, 6) is -1.76. The number of sulfone groups is 1. The molecular weight excluding hydrogens is 521 g/mol. The molecule has 1 saturated heterocycles. The van der Waals surface area contributed by atoms with Crippen molar-refractivity contribution in [1.82, 2.24) is 9.88 Å². The number of carbonyl (C=O) groups is 1. The number of piperazine rings is 1. The highest BCUT2D eigenvalue weighted by Crippen LogP contribution is 2.42. The normalized spacial score (nSPS) is 17.9. The quantitative estimate of drug-likeness (QED) is 0.486. The third kappa shape index (κ3) is 5.81.